The Labute approximate surface area is 171 Å². The first-order valence-corrected chi connectivity index (χ1v) is 9.41. The fourth-order valence-electron chi connectivity index (χ4n) is 3.10. The number of rotatable bonds is 5. The van der Waals surface area contributed by atoms with Gasteiger partial charge >= 0.3 is 5.97 Å². The normalized spacial score (nSPS) is 11.0. The Morgan fingerprint density at radius 3 is 2.62 bits per heavy atom. The fraction of sp³-hybridized carbons (Fsp3) is 0.143. The molecule has 0 spiro atoms. The highest BCUT2D eigenvalue weighted by Gasteiger charge is 2.20. The standard InChI is InChI=1S/C21H17ClN4O3/c1-2-29-21(28)18-20(27)16-5-3-6-17(22)19(16)26(24-18)13-14-7-9-15(10-8-14)25-12-4-11-23-25/h3-12H,2,13H2,1H3. The summed E-state index contributed by atoms with van der Waals surface area (Å²) in [6.45, 7) is 2.16. The van der Waals surface area contributed by atoms with Crippen molar-refractivity contribution in [1.29, 1.82) is 0 Å². The summed E-state index contributed by atoms with van der Waals surface area (Å²) in [6, 6.07) is 14.6. The maximum absolute atomic E-state index is 12.7. The molecule has 2 aromatic heterocycles. The molecule has 4 rings (SSSR count). The molecule has 0 aliphatic carbocycles. The number of fused-ring (bicyclic) bond motifs is 1. The number of carbonyl (C=O) groups excluding carboxylic acids is 1. The van der Waals surface area contributed by atoms with Gasteiger partial charge in [0.2, 0.25) is 11.1 Å². The molecule has 0 unspecified atom stereocenters. The third-order valence-corrected chi connectivity index (χ3v) is 4.74. The van der Waals surface area contributed by atoms with Crippen molar-refractivity contribution in [1.82, 2.24) is 19.6 Å². The van der Waals surface area contributed by atoms with Crippen LogP contribution in [0.5, 0.6) is 0 Å². The van der Waals surface area contributed by atoms with E-state index in [1.54, 1.807) is 40.7 Å². The van der Waals surface area contributed by atoms with Gasteiger partial charge in [-0.15, -0.1) is 0 Å². The van der Waals surface area contributed by atoms with Crippen LogP contribution in [-0.2, 0) is 11.3 Å². The van der Waals surface area contributed by atoms with E-state index in [1.165, 1.54) is 0 Å². The highest BCUT2D eigenvalue weighted by Crippen LogP contribution is 2.22. The van der Waals surface area contributed by atoms with E-state index < -0.39 is 11.4 Å². The van der Waals surface area contributed by atoms with Gasteiger partial charge in [-0.2, -0.15) is 10.2 Å². The van der Waals surface area contributed by atoms with Gasteiger partial charge in [0.15, 0.2) is 0 Å². The molecule has 0 saturated carbocycles. The molecular weight excluding hydrogens is 392 g/mol. The van der Waals surface area contributed by atoms with Gasteiger partial charge in [0, 0.05) is 12.4 Å². The molecule has 0 bridgehead atoms. The second-order valence-corrected chi connectivity index (χ2v) is 6.72. The van der Waals surface area contributed by atoms with Crippen molar-refractivity contribution >= 4 is 28.5 Å². The SMILES string of the molecule is CCOC(=O)c1nn(Cc2ccc(-n3cccn3)cc2)c2c(Cl)cccc2c1=O. The lowest BCUT2D eigenvalue weighted by atomic mass is 10.1. The average molecular weight is 409 g/mol. The quantitative estimate of drug-likeness (QED) is 0.472. The Balaban J connectivity index is 1.79. The van der Waals surface area contributed by atoms with Crippen LogP contribution in [0.1, 0.15) is 23.0 Å². The zero-order valence-corrected chi connectivity index (χ0v) is 16.3. The molecule has 0 fully saturated rings. The van der Waals surface area contributed by atoms with Crippen molar-refractivity contribution in [2.45, 2.75) is 13.5 Å². The number of hydrogen-bond acceptors (Lipinski definition) is 5. The van der Waals surface area contributed by atoms with E-state index in [2.05, 4.69) is 10.2 Å². The monoisotopic (exact) mass is 408 g/mol. The van der Waals surface area contributed by atoms with Crippen LogP contribution in [0.4, 0.5) is 0 Å². The largest absolute Gasteiger partial charge is 0.461 e. The van der Waals surface area contributed by atoms with Gasteiger partial charge in [0.25, 0.3) is 0 Å². The summed E-state index contributed by atoms with van der Waals surface area (Å²) in [7, 11) is 0. The molecule has 0 N–H and O–H groups in total. The van der Waals surface area contributed by atoms with Crippen LogP contribution in [0.2, 0.25) is 5.02 Å². The number of esters is 1. The average Bonchev–Trinajstić information content (AvgIpc) is 3.26. The van der Waals surface area contributed by atoms with E-state index in [0.717, 1.165) is 11.3 Å². The van der Waals surface area contributed by atoms with Crippen molar-refractivity contribution in [3.8, 4) is 5.69 Å². The maximum atomic E-state index is 12.7. The van der Waals surface area contributed by atoms with Crippen molar-refractivity contribution in [3.63, 3.8) is 0 Å². The second-order valence-electron chi connectivity index (χ2n) is 6.31. The summed E-state index contributed by atoms with van der Waals surface area (Å²) in [5.41, 5.74) is 1.57. The van der Waals surface area contributed by atoms with Crippen LogP contribution in [0.3, 0.4) is 0 Å². The highest BCUT2D eigenvalue weighted by atomic mass is 35.5. The third-order valence-electron chi connectivity index (χ3n) is 4.43. The number of hydrogen-bond donors (Lipinski definition) is 0. The van der Waals surface area contributed by atoms with Crippen LogP contribution >= 0.6 is 11.6 Å². The zero-order chi connectivity index (χ0) is 20.4. The Bertz CT molecular complexity index is 1230. The molecule has 146 valence electrons. The fourth-order valence-corrected chi connectivity index (χ4v) is 3.37. The summed E-state index contributed by atoms with van der Waals surface area (Å²) in [5, 5.41) is 9.19. The number of aromatic nitrogens is 4. The number of carbonyl (C=O) groups is 1. The van der Waals surface area contributed by atoms with E-state index >= 15 is 0 Å². The van der Waals surface area contributed by atoms with Crippen LogP contribution in [0, 0.1) is 0 Å². The maximum Gasteiger partial charge on any atom is 0.362 e. The topological polar surface area (TPSA) is 79.0 Å². The molecular formula is C21H17ClN4O3. The van der Waals surface area contributed by atoms with Crippen LogP contribution in [0.25, 0.3) is 16.6 Å². The predicted octanol–water partition coefficient (Wildman–Crippen LogP) is 3.46. The minimum atomic E-state index is -0.748. The van der Waals surface area contributed by atoms with Gasteiger partial charge in [-0.25, -0.2) is 9.48 Å². The molecule has 8 heteroatoms. The first kappa shape index (κ1) is 18.9. The second kappa shape index (κ2) is 7.89. The molecule has 0 radical (unpaired) electrons. The number of benzene rings is 2. The molecule has 0 amide bonds. The van der Waals surface area contributed by atoms with Gasteiger partial charge in [-0.3, -0.25) is 9.48 Å². The van der Waals surface area contributed by atoms with Crippen LogP contribution in [-0.4, -0.2) is 32.1 Å². The predicted molar refractivity (Wildman–Crippen MR) is 110 cm³/mol. The van der Waals surface area contributed by atoms with Crippen molar-refractivity contribution in [2.75, 3.05) is 6.61 Å². The van der Waals surface area contributed by atoms with Crippen LogP contribution in [0.15, 0.2) is 65.7 Å². The Morgan fingerprint density at radius 1 is 1.14 bits per heavy atom. The Kier molecular flexibility index (Phi) is 5.14. The molecule has 0 saturated heterocycles. The van der Waals surface area contributed by atoms with E-state index in [1.807, 2.05) is 36.5 Å². The molecule has 4 aromatic rings. The molecule has 0 atom stereocenters. The molecule has 0 aliphatic rings. The lowest BCUT2D eigenvalue weighted by Crippen LogP contribution is -2.25. The summed E-state index contributed by atoms with van der Waals surface area (Å²) in [6.07, 6.45) is 3.57. The van der Waals surface area contributed by atoms with Crippen molar-refractivity contribution in [3.05, 3.63) is 87.4 Å². The Morgan fingerprint density at radius 2 is 1.93 bits per heavy atom. The third kappa shape index (κ3) is 3.64. The van der Waals surface area contributed by atoms with Gasteiger partial charge in [-0.05, 0) is 42.8 Å². The first-order valence-electron chi connectivity index (χ1n) is 9.04. The molecule has 29 heavy (non-hydrogen) atoms. The first-order chi connectivity index (χ1) is 14.1. The number of para-hydroxylation sites is 1. The van der Waals surface area contributed by atoms with Crippen molar-refractivity contribution < 1.29 is 9.53 Å². The summed E-state index contributed by atoms with van der Waals surface area (Å²) >= 11 is 6.36. The van der Waals surface area contributed by atoms with Crippen LogP contribution < -0.4 is 5.43 Å². The minimum Gasteiger partial charge on any atom is -0.461 e. The van der Waals surface area contributed by atoms with Gasteiger partial charge in [0.05, 0.1) is 34.8 Å². The summed E-state index contributed by atoms with van der Waals surface area (Å²) < 4.78 is 8.31. The van der Waals surface area contributed by atoms with Gasteiger partial charge < -0.3 is 4.74 Å². The lowest BCUT2D eigenvalue weighted by molar-refractivity contribution is 0.0515. The van der Waals surface area contributed by atoms with E-state index in [4.69, 9.17) is 16.3 Å². The zero-order valence-electron chi connectivity index (χ0n) is 15.6. The molecule has 2 heterocycles. The van der Waals surface area contributed by atoms with Gasteiger partial charge in [-0.1, -0.05) is 29.8 Å². The van der Waals surface area contributed by atoms with Crippen molar-refractivity contribution in [2.24, 2.45) is 0 Å². The minimum absolute atomic E-state index is 0.155. The lowest BCUT2D eigenvalue weighted by Gasteiger charge is -2.13. The number of halogens is 1. The Hall–Kier alpha value is -3.45. The van der Waals surface area contributed by atoms with E-state index in [-0.39, 0.29) is 12.3 Å². The smallest absolute Gasteiger partial charge is 0.362 e. The summed E-state index contributed by atoms with van der Waals surface area (Å²) in [5.74, 6) is -0.748. The summed E-state index contributed by atoms with van der Waals surface area (Å²) in [4.78, 5) is 25.0. The molecule has 2 aromatic carbocycles. The van der Waals surface area contributed by atoms with E-state index in [0.29, 0.717) is 22.5 Å². The van der Waals surface area contributed by atoms with E-state index in [9.17, 15) is 9.59 Å². The molecule has 7 nitrogen and oxygen atoms in total. The molecule has 0 aliphatic heterocycles. The highest BCUT2D eigenvalue weighted by molar-refractivity contribution is 6.35. The number of nitrogens with zero attached hydrogens (tertiary/aromatic N) is 4. The van der Waals surface area contributed by atoms with Gasteiger partial charge in [0.1, 0.15) is 0 Å². The number of ether oxygens (including phenoxy) is 1.